The van der Waals surface area contributed by atoms with Crippen LogP contribution in [0.15, 0.2) is 85.3 Å². The predicted octanol–water partition coefficient (Wildman–Crippen LogP) is 6.64. The first-order valence-electron chi connectivity index (χ1n) is 11.0. The second-order valence-electron chi connectivity index (χ2n) is 8.25. The van der Waals surface area contributed by atoms with Crippen LogP contribution in [0.4, 0.5) is 0 Å². The van der Waals surface area contributed by atoms with E-state index in [2.05, 4.69) is 55.9 Å². The molecule has 172 valence electrons. The van der Waals surface area contributed by atoms with Gasteiger partial charge in [-0.2, -0.15) is 24.3 Å². The number of hydrogen-bond acceptors (Lipinski definition) is 4. The molecule has 0 bridgehead atoms. The third kappa shape index (κ3) is 4.35. The van der Waals surface area contributed by atoms with Crippen LogP contribution in [-0.4, -0.2) is 19.5 Å². The Labute approximate surface area is 217 Å². The average molecular weight is 636 g/mol. The molecule has 0 atom stereocenters. The van der Waals surface area contributed by atoms with Gasteiger partial charge in [-0.1, -0.05) is 23.6 Å². The largest absolute Gasteiger partial charge is 2.00 e. The number of para-hydroxylation sites is 1. The minimum Gasteiger partial charge on any atom is -0.460 e. The van der Waals surface area contributed by atoms with Gasteiger partial charge in [0.2, 0.25) is 11.8 Å². The van der Waals surface area contributed by atoms with Gasteiger partial charge in [0.15, 0.2) is 0 Å². The maximum Gasteiger partial charge on any atom is 2.00 e. The van der Waals surface area contributed by atoms with E-state index in [9.17, 15) is 0 Å². The second kappa shape index (κ2) is 9.44. The van der Waals surface area contributed by atoms with Gasteiger partial charge in [-0.3, -0.25) is 4.57 Å². The summed E-state index contributed by atoms with van der Waals surface area (Å²) in [5.41, 5.74) is 5.86. The van der Waals surface area contributed by atoms with Gasteiger partial charge in [-0.25, -0.2) is 26.1 Å². The molecule has 3 heterocycles. The Morgan fingerprint density at radius 3 is 2.37 bits per heavy atom. The topological polar surface area (TPSA) is 52.8 Å². The first-order chi connectivity index (χ1) is 16.7. The molecular formula is C29H20N4OPt. The van der Waals surface area contributed by atoms with E-state index < -0.39 is 0 Å². The zero-order chi connectivity index (χ0) is 23.1. The smallest absolute Gasteiger partial charge is 0.460 e. The normalized spacial score (nSPS) is 10.9. The number of aryl methyl sites for hydroxylation is 2. The third-order valence-corrected chi connectivity index (χ3v) is 5.71. The molecule has 3 aromatic heterocycles. The first kappa shape index (κ1) is 22.9. The van der Waals surface area contributed by atoms with Gasteiger partial charge in [-0.05, 0) is 48.0 Å². The first-order valence-corrected chi connectivity index (χ1v) is 11.0. The molecule has 0 radical (unpaired) electrons. The minimum absolute atomic E-state index is 0. The molecule has 0 N–H and O–H groups in total. The number of ether oxygens (including phenoxy) is 1. The molecule has 0 aliphatic rings. The quantitative estimate of drug-likeness (QED) is 0.204. The molecule has 3 aromatic carbocycles. The number of nitrogens with zero attached hydrogens (tertiary/aromatic N) is 4. The Kier molecular flexibility index (Phi) is 6.19. The molecule has 0 amide bonds. The Morgan fingerprint density at radius 1 is 0.743 bits per heavy atom. The molecule has 6 aromatic rings. The Morgan fingerprint density at radius 2 is 1.54 bits per heavy atom. The van der Waals surface area contributed by atoms with E-state index >= 15 is 0 Å². The zero-order valence-corrected chi connectivity index (χ0v) is 21.4. The van der Waals surface area contributed by atoms with Crippen LogP contribution in [0.25, 0.3) is 38.9 Å². The van der Waals surface area contributed by atoms with Gasteiger partial charge < -0.3 is 4.74 Å². The van der Waals surface area contributed by atoms with Crippen molar-refractivity contribution in [1.29, 1.82) is 0 Å². The van der Waals surface area contributed by atoms with Gasteiger partial charge in [-0.15, -0.1) is 18.2 Å². The van der Waals surface area contributed by atoms with Gasteiger partial charge >= 0.3 is 21.1 Å². The number of fused-ring (bicyclic) bond motifs is 3. The monoisotopic (exact) mass is 635 g/mol. The Hall–Kier alpha value is -3.82. The van der Waals surface area contributed by atoms with E-state index in [1.54, 1.807) is 6.20 Å². The summed E-state index contributed by atoms with van der Waals surface area (Å²) in [5, 5.41) is 2.23. The second-order valence-corrected chi connectivity index (χ2v) is 8.25. The van der Waals surface area contributed by atoms with E-state index in [1.807, 2.05) is 68.7 Å². The van der Waals surface area contributed by atoms with E-state index in [0.29, 0.717) is 17.6 Å². The number of aromatic nitrogens is 4. The molecule has 35 heavy (non-hydrogen) atoms. The molecular weight excluding hydrogens is 615 g/mol. The summed E-state index contributed by atoms with van der Waals surface area (Å²) in [7, 11) is 0. The Balaban J connectivity index is 0.00000253. The van der Waals surface area contributed by atoms with Gasteiger partial charge in [0.05, 0.1) is 0 Å². The SMILES string of the molecule is Cc1cnc(-n2c3[c-]c(-c4[c-]c(Oc5cc(C)ccn5)ccc4)ccc3c3ccccc32)nc1.[Pt+2]. The van der Waals surface area contributed by atoms with Crippen LogP contribution in [0.5, 0.6) is 11.6 Å². The number of pyridine rings is 1. The summed E-state index contributed by atoms with van der Waals surface area (Å²) in [5.74, 6) is 1.77. The fraction of sp³-hybridized carbons (Fsp3) is 0.0690. The molecule has 0 fully saturated rings. The molecule has 0 saturated carbocycles. The fourth-order valence-electron chi connectivity index (χ4n) is 4.10. The molecule has 0 aliphatic heterocycles. The Bertz CT molecular complexity index is 1660. The van der Waals surface area contributed by atoms with Crippen molar-refractivity contribution in [1.82, 2.24) is 19.5 Å². The maximum absolute atomic E-state index is 5.96. The van der Waals surface area contributed by atoms with Crippen LogP contribution in [0.1, 0.15) is 11.1 Å². The molecule has 0 spiro atoms. The predicted molar refractivity (Wildman–Crippen MR) is 133 cm³/mol. The zero-order valence-electron chi connectivity index (χ0n) is 19.1. The summed E-state index contributed by atoms with van der Waals surface area (Å²) in [6, 6.07) is 29.1. The van der Waals surface area contributed by atoms with Gasteiger partial charge in [0, 0.05) is 35.9 Å². The van der Waals surface area contributed by atoms with Crippen molar-refractivity contribution in [2.24, 2.45) is 0 Å². The summed E-state index contributed by atoms with van der Waals surface area (Å²) in [6.45, 7) is 3.99. The molecule has 6 heteroatoms. The molecule has 0 saturated heterocycles. The van der Waals surface area contributed by atoms with Crippen LogP contribution >= 0.6 is 0 Å². The van der Waals surface area contributed by atoms with E-state index in [4.69, 9.17) is 4.74 Å². The van der Waals surface area contributed by atoms with E-state index in [0.717, 1.165) is 44.1 Å². The van der Waals surface area contributed by atoms with Crippen molar-refractivity contribution in [2.75, 3.05) is 0 Å². The summed E-state index contributed by atoms with van der Waals surface area (Å²) < 4.78 is 8.02. The molecule has 5 nitrogen and oxygen atoms in total. The third-order valence-electron chi connectivity index (χ3n) is 5.71. The summed E-state index contributed by atoms with van der Waals surface area (Å²) in [6.07, 6.45) is 5.41. The minimum atomic E-state index is 0. The molecule has 0 aliphatic carbocycles. The van der Waals surface area contributed by atoms with Crippen LogP contribution in [0.3, 0.4) is 0 Å². The van der Waals surface area contributed by atoms with Crippen molar-refractivity contribution < 1.29 is 25.8 Å². The van der Waals surface area contributed by atoms with E-state index in [-0.39, 0.29) is 21.1 Å². The van der Waals surface area contributed by atoms with E-state index in [1.165, 1.54) is 0 Å². The maximum atomic E-state index is 5.96. The van der Waals surface area contributed by atoms with Crippen molar-refractivity contribution in [3.63, 3.8) is 0 Å². The number of rotatable bonds is 4. The van der Waals surface area contributed by atoms with Crippen molar-refractivity contribution in [3.8, 4) is 28.7 Å². The summed E-state index contributed by atoms with van der Waals surface area (Å²) >= 11 is 0. The van der Waals surface area contributed by atoms with Crippen molar-refractivity contribution in [2.45, 2.75) is 13.8 Å². The van der Waals surface area contributed by atoms with Gasteiger partial charge in [0.1, 0.15) is 0 Å². The fourth-order valence-corrected chi connectivity index (χ4v) is 4.10. The number of hydrogen-bond donors (Lipinski definition) is 0. The van der Waals surface area contributed by atoms with Crippen LogP contribution in [0.2, 0.25) is 0 Å². The summed E-state index contributed by atoms with van der Waals surface area (Å²) in [4.78, 5) is 13.5. The standard InChI is InChI=1S/C29H20N4O.Pt/c1-19-12-13-30-28(14-19)34-23-7-5-6-21(15-23)22-10-11-25-24-8-3-4-9-26(24)33(27(25)16-22)29-31-17-20(2)18-32-29;/h3-14,17-18H,1-2H3;/q-2;+2. The van der Waals surface area contributed by atoms with Crippen molar-refractivity contribution in [3.05, 3.63) is 109 Å². The van der Waals surface area contributed by atoms with Crippen LogP contribution in [-0.2, 0) is 21.1 Å². The van der Waals surface area contributed by atoms with Crippen LogP contribution in [0, 0.1) is 26.0 Å². The van der Waals surface area contributed by atoms with Crippen LogP contribution < -0.4 is 4.74 Å². The van der Waals surface area contributed by atoms with Gasteiger partial charge in [0.25, 0.3) is 0 Å². The average Bonchev–Trinajstić information content (AvgIpc) is 3.18. The molecule has 0 unspecified atom stereocenters. The number of benzene rings is 3. The van der Waals surface area contributed by atoms with Crippen molar-refractivity contribution >= 4 is 21.8 Å². The molecule has 6 rings (SSSR count).